The van der Waals surface area contributed by atoms with Crippen molar-refractivity contribution >= 4 is 27.5 Å². The third-order valence-corrected chi connectivity index (χ3v) is 7.86. The summed E-state index contributed by atoms with van der Waals surface area (Å²) in [4.78, 5) is 29.2. The summed E-state index contributed by atoms with van der Waals surface area (Å²) in [7, 11) is -3.78. The van der Waals surface area contributed by atoms with Crippen LogP contribution in [-0.4, -0.2) is 50.0 Å². The zero-order valence-corrected chi connectivity index (χ0v) is 24.2. The van der Waals surface area contributed by atoms with Crippen LogP contribution in [0.25, 0.3) is 0 Å². The van der Waals surface area contributed by atoms with Crippen LogP contribution < -0.4 is 9.62 Å². The third kappa shape index (κ3) is 8.68. The summed E-state index contributed by atoms with van der Waals surface area (Å²) in [5, 5.41) is 3.04. The van der Waals surface area contributed by atoms with Crippen molar-refractivity contribution in [1.29, 1.82) is 0 Å². The first-order valence-electron chi connectivity index (χ1n) is 13.2. The van der Waals surface area contributed by atoms with Gasteiger partial charge in [0.1, 0.15) is 12.6 Å². The molecule has 3 rings (SSSR count). The van der Waals surface area contributed by atoms with Gasteiger partial charge in [-0.25, -0.2) is 8.42 Å². The summed E-state index contributed by atoms with van der Waals surface area (Å²) in [6.45, 7) is 7.50. The average molecular weight is 550 g/mol. The molecule has 0 heterocycles. The van der Waals surface area contributed by atoms with Gasteiger partial charge in [-0.3, -0.25) is 13.9 Å². The topological polar surface area (TPSA) is 86.8 Å². The first kappa shape index (κ1) is 29.9. The molecular weight excluding hydrogens is 510 g/mol. The van der Waals surface area contributed by atoms with Crippen LogP contribution in [-0.2, 0) is 32.6 Å². The fraction of sp³-hybridized carbons (Fsp3) is 0.355. The van der Waals surface area contributed by atoms with Crippen LogP contribution in [0.3, 0.4) is 0 Å². The number of carbonyl (C=O) groups excluding carboxylic acids is 2. The van der Waals surface area contributed by atoms with Crippen molar-refractivity contribution in [3.63, 3.8) is 0 Å². The van der Waals surface area contributed by atoms with E-state index in [1.54, 1.807) is 18.2 Å². The number of benzene rings is 3. The van der Waals surface area contributed by atoms with Crippen molar-refractivity contribution in [3.05, 3.63) is 101 Å². The number of aryl methyl sites for hydroxylation is 2. The van der Waals surface area contributed by atoms with Crippen molar-refractivity contribution in [2.75, 3.05) is 17.1 Å². The van der Waals surface area contributed by atoms with Crippen molar-refractivity contribution in [1.82, 2.24) is 10.2 Å². The third-order valence-electron chi connectivity index (χ3n) is 6.71. The van der Waals surface area contributed by atoms with Gasteiger partial charge in [0.2, 0.25) is 21.8 Å². The SMILES string of the molecule is CC[C@H](C)NC(=O)[C@@H](Cc1ccccc1)N(Cc1ccc(C)cc1)C(=O)CN(c1cccc(C)c1)S(C)(=O)=O. The van der Waals surface area contributed by atoms with E-state index in [0.29, 0.717) is 12.1 Å². The average Bonchev–Trinajstić information content (AvgIpc) is 2.90. The molecule has 0 spiro atoms. The number of anilines is 1. The predicted octanol–water partition coefficient (Wildman–Crippen LogP) is 4.62. The minimum absolute atomic E-state index is 0.0769. The molecule has 0 aliphatic rings. The van der Waals surface area contributed by atoms with Crippen molar-refractivity contribution in [2.24, 2.45) is 0 Å². The Morgan fingerprint density at radius 1 is 0.872 bits per heavy atom. The molecule has 39 heavy (non-hydrogen) atoms. The molecule has 0 unspecified atom stereocenters. The number of nitrogens with one attached hydrogen (secondary N) is 1. The second-order valence-corrected chi connectivity index (χ2v) is 12.0. The summed E-state index contributed by atoms with van der Waals surface area (Å²) in [6, 6.07) is 23.4. The monoisotopic (exact) mass is 549 g/mol. The Morgan fingerprint density at radius 2 is 1.54 bits per heavy atom. The molecule has 3 aromatic rings. The van der Waals surface area contributed by atoms with Gasteiger partial charge in [0, 0.05) is 19.0 Å². The van der Waals surface area contributed by atoms with Crippen molar-refractivity contribution in [3.8, 4) is 0 Å². The molecule has 0 bridgehead atoms. The lowest BCUT2D eigenvalue weighted by atomic mass is 10.0. The summed E-state index contributed by atoms with van der Waals surface area (Å²) in [5.74, 6) is -0.724. The summed E-state index contributed by atoms with van der Waals surface area (Å²) >= 11 is 0. The Hall–Kier alpha value is -3.65. The van der Waals surface area contributed by atoms with Gasteiger partial charge < -0.3 is 10.2 Å². The Morgan fingerprint density at radius 3 is 2.13 bits per heavy atom. The van der Waals surface area contributed by atoms with Gasteiger partial charge in [-0.2, -0.15) is 0 Å². The molecule has 1 N–H and O–H groups in total. The van der Waals surface area contributed by atoms with Crippen molar-refractivity contribution in [2.45, 2.75) is 59.2 Å². The maximum absolute atomic E-state index is 14.1. The number of sulfonamides is 1. The minimum Gasteiger partial charge on any atom is -0.352 e. The lowest BCUT2D eigenvalue weighted by Crippen LogP contribution is -2.54. The van der Waals surface area contributed by atoms with Crippen LogP contribution in [0.15, 0.2) is 78.9 Å². The summed E-state index contributed by atoms with van der Waals surface area (Å²) in [5.41, 5.74) is 4.12. The highest BCUT2D eigenvalue weighted by Gasteiger charge is 2.33. The van der Waals surface area contributed by atoms with E-state index >= 15 is 0 Å². The minimum atomic E-state index is -3.78. The molecule has 3 aromatic carbocycles. The number of nitrogens with zero attached hydrogens (tertiary/aromatic N) is 2. The lowest BCUT2D eigenvalue weighted by Gasteiger charge is -2.34. The highest BCUT2D eigenvalue weighted by atomic mass is 32.2. The van der Waals surface area contributed by atoms with Crippen LogP contribution in [0.4, 0.5) is 5.69 Å². The number of rotatable bonds is 12. The van der Waals surface area contributed by atoms with E-state index in [2.05, 4.69) is 5.32 Å². The maximum Gasteiger partial charge on any atom is 0.244 e. The van der Waals surface area contributed by atoms with E-state index in [0.717, 1.165) is 39.2 Å². The quantitative estimate of drug-likeness (QED) is 0.357. The first-order valence-corrected chi connectivity index (χ1v) is 15.1. The fourth-order valence-corrected chi connectivity index (χ4v) is 5.12. The molecule has 0 saturated heterocycles. The molecular formula is C31H39N3O4S. The van der Waals surface area contributed by atoms with Crippen LogP contribution >= 0.6 is 0 Å². The largest absolute Gasteiger partial charge is 0.352 e. The van der Waals surface area contributed by atoms with Gasteiger partial charge in [0.15, 0.2) is 0 Å². The second-order valence-electron chi connectivity index (χ2n) is 10.1. The molecule has 0 aromatic heterocycles. The van der Waals surface area contributed by atoms with E-state index in [1.807, 2.05) is 88.4 Å². The fourth-order valence-electron chi connectivity index (χ4n) is 4.28. The zero-order valence-electron chi connectivity index (χ0n) is 23.4. The van der Waals surface area contributed by atoms with Gasteiger partial charge >= 0.3 is 0 Å². The van der Waals surface area contributed by atoms with Crippen LogP contribution in [0.2, 0.25) is 0 Å². The summed E-state index contributed by atoms with van der Waals surface area (Å²) in [6.07, 6.45) is 2.12. The summed E-state index contributed by atoms with van der Waals surface area (Å²) < 4.78 is 26.8. The Bertz CT molecular complexity index is 1360. The first-order chi connectivity index (χ1) is 18.5. The van der Waals surface area contributed by atoms with E-state index in [9.17, 15) is 18.0 Å². The van der Waals surface area contributed by atoms with Crippen LogP contribution in [0.1, 0.15) is 42.5 Å². The van der Waals surface area contributed by atoms with E-state index in [4.69, 9.17) is 0 Å². The van der Waals surface area contributed by atoms with Gasteiger partial charge in [-0.05, 0) is 56.0 Å². The molecule has 2 amide bonds. The molecule has 7 nitrogen and oxygen atoms in total. The number of amides is 2. The Kier molecular flexibility index (Phi) is 10.3. The molecule has 0 fully saturated rings. The smallest absolute Gasteiger partial charge is 0.244 e. The van der Waals surface area contributed by atoms with Crippen LogP contribution in [0, 0.1) is 13.8 Å². The Balaban J connectivity index is 2.05. The highest BCUT2D eigenvalue weighted by Crippen LogP contribution is 2.21. The Labute approximate surface area is 232 Å². The zero-order chi connectivity index (χ0) is 28.6. The molecule has 208 valence electrons. The van der Waals surface area contributed by atoms with Crippen LogP contribution in [0.5, 0.6) is 0 Å². The molecule has 0 aliphatic heterocycles. The molecule has 0 saturated carbocycles. The van der Waals surface area contributed by atoms with E-state index < -0.39 is 28.5 Å². The molecule has 0 radical (unpaired) electrons. The number of hydrogen-bond donors (Lipinski definition) is 1. The van der Waals surface area contributed by atoms with Gasteiger partial charge in [0.05, 0.1) is 11.9 Å². The van der Waals surface area contributed by atoms with Gasteiger partial charge in [0.25, 0.3) is 0 Å². The van der Waals surface area contributed by atoms with Gasteiger partial charge in [-0.1, -0.05) is 79.2 Å². The van der Waals surface area contributed by atoms with E-state index in [-0.39, 0.29) is 18.5 Å². The number of carbonyl (C=O) groups is 2. The van der Waals surface area contributed by atoms with Gasteiger partial charge in [-0.15, -0.1) is 0 Å². The lowest BCUT2D eigenvalue weighted by molar-refractivity contribution is -0.140. The maximum atomic E-state index is 14.1. The standard InChI is InChI=1S/C31H39N3O4S/c1-6-25(4)32-31(36)29(20-26-12-8-7-9-13-26)33(21-27-17-15-23(2)16-18-27)30(35)22-34(39(5,37)38)28-14-10-11-24(3)19-28/h7-19,25,29H,6,20-22H2,1-5H3,(H,32,36)/t25-,29+/m0/s1. The predicted molar refractivity (Wildman–Crippen MR) is 157 cm³/mol. The molecule has 0 aliphatic carbocycles. The molecule has 8 heteroatoms. The number of hydrogen-bond acceptors (Lipinski definition) is 4. The van der Waals surface area contributed by atoms with Crippen molar-refractivity contribution < 1.29 is 18.0 Å². The molecule has 2 atom stereocenters. The normalized spacial score (nSPS) is 12.8. The van der Waals surface area contributed by atoms with E-state index in [1.165, 1.54) is 4.90 Å². The highest BCUT2D eigenvalue weighted by molar-refractivity contribution is 7.92. The second kappa shape index (κ2) is 13.4.